The Bertz CT molecular complexity index is 675. The minimum Gasteiger partial charge on any atom is -0.366 e. The third-order valence-electron chi connectivity index (χ3n) is 7.82. The Morgan fingerprint density at radius 1 is 1.10 bits per heavy atom. The number of carbonyl (C=O) groups excluding carboxylic acids is 1. The number of anilines is 1. The normalized spacial score (nSPS) is 25.0. The zero-order valence-corrected chi connectivity index (χ0v) is 20.5. The number of nitrogens with zero attached hydrogens (tertiary/aromatic N) is 4. The minimum atomic E-state index is 0.255. The Kier molecular flexibility index (Phi) is 8.49. The van der Waals surface area contributed by atoms with Crippen LogP contribution >= 0.6 is 0 Å². The Morgan fingerprint density at radius 2 is 1.74 bits per heavy atom. The van der Waals surface area contributed by atoms with Gasteiger partial charge in [0.15, 0.2) is 0 Å². The fraction of sp³-hybridized carbons (Fsp3) is 0.808. The summed E-state index contributed by atoms with van der Waals surface area (Å²) in [6.07, 6.45) is 16.3. The van der Waals surface area contributed by atoms with Gasteiger partial charge < -0.3 is 9.69 Å². The summed E-state index contributed by atoms with van der Waals surface area (Å²) in [5.41, 5.74) is 1.92. The lowest BCUT2D eigenvalue weighted by Crippen LogP contribution is -2.61. The number of aromatic nitrogens is 2. The van der Waals surface area contributed by atoms with Gasteiger partial charge in [0.25, 0.3) is 0 Å². The highest BCUT2D eigenvalue weighted by atomic mass is 16.1. The first kappa shape index (κ1) is 24.2. The largest absolute Gasteiger partial charge is 0.366 e. The summed E-state index contributed by atoms with van der Waals surface area (Å²) in [5, 5.41) is 0. The van der Waals surface area contributed by atoms with Crippen molar-refractivity contribution in [2.24, 2.45) is 11.3 Å². The summed E-state index contributed by atoms with van der Waals surface area (Å²) in [6.45, 7) is 14.0. The molecule has 0 bridgehead atoms. The second-order valence-electron chi connectivity index (χ2n) is 10.6. The molecule has 1 aromatic heterocycles. The van der Waals surface area contributed by atoms with Gasteiger partial charge in [0, 0.05) is 43.6 Å². The van der Waals surface area contributed by atoms with Crippen LogP contribution < -0.4 is 4.90 Å². The van der Waals surface area contributed by atoms with Gasteiger partial charge in [-0.2, -0.15) is 0 Å². The van der Waals surface area contributed by atoms with Crippen LogP contribution in [-0.4, -0.2) is 52.9 Å². The van der Waals surface area contributed by atoms with Crippen LogP contribution in [0.15, 0.2) is 12.4 Å². The molecule has 1 aliphatic heterocycles. The highest BCUT2D eigenvalue weighted by Gasteiger charge is 2.47. The van der Waals surface area contributed by atoms with Crippen molar-refractivity contribution in [3.8, 4) is 0 Å². The lowest BCUT2D eigenvalue weighted by molar-refractivity contribution is -0.110. The van der Waals surface area contributed by atoms with Crippen LogP contribution in [0.3, 0.4) is 0 Å². The van der Waals surface area contributed by atoms with Crippen LogP contribution in [-0.2, 0) is 4.79 Å². The zero-order chi connectivity index (χ0) is 22.4. The molecule has 31 heavy (non-hydrogen) atoms. The third-order valence-corrected chi connectivity index (χ3v) is 7.82. The van der Waals surface area contributed by atoms with E-state index in [-0.39, 0.29) is 5.92 Å². The molecular weight excluding hydrogens is 384 g/mol. The number of hydrogen-bond acceptors (Lipinski definition) is 5. The first-order valence-corrected chi connectivity index (χ1v) is 12.7. The maximum Gasteiger partial charge on any atom is 0.130 e. The van der Waals surface area contributed by atoms with Crippen molar-refractivity contribution < 1.29 is 4.79 Å². The van der Waals surface area contributed by atoms with Crippen LogP contribution in [0.25, 0.3) is 0 Å². The fourth-order valence-electron chi connectivity index (χ4n) is 5.52. The van der Waals surface area contributed by atoms with Gasteiger partial charge in [0.2, 0.25) is 0 Å². The second-order valence-corrected chi connectivity index (χ2v) is 10.6. The fourth-order valence-corrected chi connectivity index (χ4v) is 5.52. The van der Waals surface area contributed by atoms with Crippen LogP contribution in [0.1, 0.15) is 97.7 Å². The summed E-state index contributed by atoms with van der Waals surface area (Å²) < 4.78 is 0. The second kappa shape index (κ2) is 10.9. The van der Waals surface area contributed by atoms with Crippen LogP contribution in [0.5, 0.6) is 0 Å². The summed E-state index contributed by atoms with van der Waals surface area (Å²) in [7, 11) is 0. The molecule has 3 aliphatic rings. The number of aldehydes is 1. The SMILES string of the molecule is CC(C)c1ncc(N2CCN(C3CC4(CCCCC4)C3)[C@H](C)C2)cn1.CCC(C)C=O. The minimum absolute atomic E-state index is 0.255. The molecule has 2 atom stereocenters. The van der Waals surface area contributed by atoms with Gasteiger partial charge in [-0.3, -0.25) is 4.90 Å². The van der Waals surface area contributed by atoms with Crippen molar-refractivity contribution in [3.05, 3.63) is 18.2 Å². The first-order chi connectivity index (χ1) is 14.9. The van der Waals surface area contributed by atoms with Crippen molar-refractivity contribution in [3.63, 3.8) is 0 Å². The molecule has 2 heterocycles. The number of hydrogen-bond donors (Lipinski definition) is 0. The monoisotopic (exact) mass is 428 g/mol. The Labute approximate surface area is 190 Å². The molecule has 1 saturated heterocycles. The molecule has 4 rings (SSSR count). The van der Waals surface area contributed by atoms with E-state index >= 15 is 0 Å². The van der Waals surface area contributed by atoms with Crippen molar-refractivity contribution in [2.45, 2.75) is 104 Å². The lowest BCUT2D eigenvalue weighted by atomic mass is 9.58. The predicted molar refractivity (Wildman–Crippen MR) is 129 cm³/mol. The van der Waals surface area contributed by atoms with E-state index in [0.29, 0.717) is 12.0 Å². The van der Waals surface area contributed by atoms with Gasteiger partial charge in [-0.25, -0.2) is 9.97 Å². The topological polar surface area (TPSA) is 49.3 Å². The van der Waals surface area contributed by atoms with E-state index in [1.807, 2.05) is 26.2 Å². The van der Waals surface area contributed by atoms with Gasteiger partial charge in [0.05, 0.1) is 18.1 Å². The average molecular weight is 429 g/mol. The quantitative estimate of drug-likeness (QED) is 0.583. The Hall–Kier alpha value is -1.49. The summed E-state index contributed by atoms with van der Waals surface area (Å²) in [4.78, 5) is 24.1. The molecule has 0 radical (unpaired) electrons. The molecule has 3 fully saturated rings. The molecule has 2 aliphatic carbocycles. The molecule has 5 heteroatoms. The van der Waals surface area contributed by atoms with Gasteiger partial charge in [-0.05, 0) is 44.4 Å². The zero-order valence-electron chi connectivity index (χ0n) is 20.5. The molecular formula is C26H44N4O. The lowest BCUT2D eigenvalue weighted by Gasteiger charge is -2.57. The summed E-state index contributed by atoms with van der Waals surface area (Å²) in [6, 6.07) is 1.47. The van der Waals surface area contributed by atoms with Gasteiger partial charge in [-0.15, -0.1) is 0 Å². The maximum atomic E-state index is 9.74. The molecule has 1 aromatic rings. The van der Waals surface area contributed by atoms with Gasteiger partial charge >= 0.3 is 0 Å². The van der Waals surface area contributed by atoms with Crippen molar-refractivity contribution in [2.75, 3.05) is 24.5 Å². The predicted octanol–water partition coefficient (Wildman–Crippen LogP) is 5.45. The van der Waals surface area contributed by atoms with E-state index in [4.69, 9.17) is 0 Å². The van der Waals surface area contributed by atoms with Crippen LogP contribution in [0, 0.1) is 11.3 Å². The van der Waals surface area contributed by atoms with E-state index in [1.165, 1.54) is 57.2 Å². The number of piperazine rings is 1. The van der Waals surface area contributed by atoms with Crippen LogP contribution in [0.2, 0.25) is 0 Å². The summed E-state index contributed by atoms with van der Waals surface area (Å²) >= 11 is 0. The highest BCUT2D eigenvalue weighted by Crippen LogP contribution is 2.53. The summed E-state index contributed by atoms with van der Waals surface area (Å²) in [5.74, 6) is 1.60. The van der Waals surface area contributed by atoms with Gasteiger partial charge in [-0.1, -0.05) is 47.0 Å². The van der Waals surface area contributed by atoms with Gasteiger partial charge in [0.1, 0.15) is 12.1 Å². The van der Waals surface area contributed by atoms with E-state index in [9.17, 15) is 4.79 Å². The highest BCUT2D eigenvalue weighted by molar-refractivity contribution is 5.52. The van der Waals surface area contributed by atoms with E-state index < -0.39 is 0 Å². The maximum absolute atomic E-state index is 9.74. The van der Waals surface area contributed by atoms with Crippen molar-refractivity contribution in [1.82, 2.24) is 14.9 Å². The molecule has 5 nitrogen and oxygen atoms in total. The Balaban J connectivity index is 0.000000401. The van der Waals surface area contributed by atoms with Crippen molar-refractivity contribution >= 4 is 12.0 Å². The molecule has 0 amide bonds. The number of carbonyl (C=O) groups is 1. The van der Waals surface area contributed by atoms with Crippen molar-refractivity contribution in [1.29, 1.82) is 0 Å². The molecule has 0 N–H and O–H groups in total. The molecule has 1 unspecified atom stereocenters. The molecule has 1 spiro atoms. The molecule has 0 aromatic carbocycles. The molecule has 174 valence electrons. The third kappa shape index (κ3) is 6.06. The smallest absolute Gasteiger partial charge is 0.130 e. The average Bonchev–Trinajstić information content (AvgIpc) is 2.78. The number of rotatable bonds is 5. The van der Waals surface area contributed by atoms with E-state index in [2.05, 4.69) is 40.5 Å². The van der Waals surface area contributed by atoms with E-state index in [0.717, 1.165) is 43.1 Å². The van der Waals surface area contributed by atoms with E-state index in [1.54, 1.807) is 0 Å². The molecule has 2 saturated carbocycles. The van der Waals surface area contributed by atoms with Crippen LogP contribution in [0.4, 0.5) is 5.69 Å². The standard InChI is InChI=1S/C21H34N4.C5H10O/c1-16(2)20-22-13-19(14-23-20)24-9-10-25(17(3)15-24)18-11-21(12-18)7-5-4-6-8-21;1-3-5(2)4-6/h13-14,16-18H,4-12,15H2,1-3H3;4-5H,3H2,1-2H3/t17-;/m1./s1. The Morgan fingerprint density at radius 3 is 2.23 bits per heavy atom. The first-order valence-electron chi connectivity index (χ1n) is 12.7.